The summed E-state index contributed by atoms with van der Waals surface area (Å²) in [7, 11) is 3.10. The number of likely N-dealkylation sites (N-methyl/N-ethyl adjacent to an activating group) is 1. The standard InChI is InChI=1S/C9H17F3N2O2/c1-14(4-3-5-16-2)8(15)6-13-7-9(10,11)12/h13H,3-7H2,1-2H3. The Morgan fingerprint density at radius 1 is 1.44 bits per heavy atom. The fourth-order valence-electron chi connectivity index (χ4n) is 1.02. The Kier molecular flexibility index (Phi) is 7.07. The third-order valence-corrected chi connectivity index (χ3v) is 1.87. The maximum absolute atomic E-state index is 11.8. The normalized spacial score (nSPS) is 11.6. The maximum Gasteiger partial charge on any atom is 0.401 e. The predicted molar refractivity (Wildman–Crippen MR) is 53.1 cm³/mol. The lowest BCUT2D eigenvalue weighted by molar-refractivity contribution is -0.133. The summed E-state index contributed by atoms with van der Waals surface area (Å²) in [5, 5.41) is 2.05. The van der Waals surface area contributed by atoms with Gasteiger partial charge in [0, 0.05) is 27.3 Å². The van der Waals surface area contributed by atoms with Crippen molar-refractivity contribution in [3.8, 4) is 0 Å². The predicted octanol–water partition coefficient (Wildman–Crippen LogP) is 0.633. The van der Waals surface area contributed by atoms with Gasteiger partial charge in [-0.3, -0.25) is 4.79 Å². The molecule has 0 spiro atoms. The lowest BCUT2D eigenvalue weighted by Crippen LogP contribution is -2.39. The number of alkyl halides is 3. The van der Waals surface area contributed by atoms with Crippen LogP contribution in [-0.4, -0.2) is 57.4 Å². The Balaban J connectivity index is 3.63. The number of amides is 1. The summed E-state index contributed by atoms with van der Waals surface area (Å²) >= 11 is 0. The van der Waals surface area contributed by atoms with Crippen molar-refractivity contribution in [1.82, 2.24) is 10.2 Å². The summed E-state index contributed by atoms with van der Waals surface area (Å²) in [6, 6.07) is 0. The highest BCUT2D eigenvalue weighted by Gasteiger charge is 2.26. The number of hydrogen-bond acceptors (Lipinski definition) is 3. The van der Waals surface area contributed by atoms with Crippen molar-refractivity contribution in [1.29, 1.82) is 0 Å². The molecule has 0 aromatic rings. The van der Waals surface area contributed by atoms with Crippen LogP contribution in [0.5, 0.6) is 0 Å². The lowest BCUT2D eigenvalue weighted by Gasteiger charge is -2.17. The van der Waals surface area contributed by atoms with Crippen molar-refractivity contribution in [2.75, 3.05) is 40.4 Å². The fourth-order valence-corrected chi connectivity index (χ4v) is 1.02. The molecular weight excluding hydrogens is 225 g/mol. The number of hydrogen-bond donors (Lipinski definition) is 1. The summed E-state index contributed by atoms with van der Waals surface area (Å²) in [6.45, 7) is -0.457. The molecule has 0 atom stereocenters. The molecule has 0 aromatic carbocycles. The number of carbonyl (C=O) groups excluding carboxylic acids is 1. The number of ether oxygens (including phenoxy) is 1. The summed E-state index contributed by atoms with van der Waals surface area (Å²) in [5.41, 5.74) is 0. The van der Waals surface area contributed by atoms with Crippen LogP contribution in [0.3, 0.4) is 0 Å². The van der Waals surface area contributed by atoms with Gasteiger partial charge in [-0.25, -0.2) is 0 Å². The third-order valence-electron chi connectivity index (χ3n) is 1.87. The molecule has 1 N–H and O–H groups in total. The highest BCUT2D eigenvalue weighted by molar-refractivity contribution is 5.77. The van der Waals surface area contributed by atoms with Crippen LogP contribution in [0.25, 0.3) is 0 Å². The van der Waals surface area contributed by atoms with Crippen molar-refractivity contribution >= 4 is 5.91 Å². The van der Waals surface area contributed by atoms with Crippen LogP contribution in [0, 0.1) is 0 Å². The first-order chi connectivity index (χ1) is 7.37. The van der Waals surface area contributed by atoms with E-state index in [-0.39, 0.29) is 12.5 Å². The summed E-state index contributed by atoms with van der Waals surface area (Å²) in [5.74, 6) is -0.361. The molecule has 16 heavy (non-hydrogen) atoms. The molecule has 0 saturated carbocycles. The molecular formula is C9H17F3N2O2. The molecule has 4 nitrogen and oxygen atoms in total. The average Bonchev–Trinajstić information content (AvgIpc) is 2.15. The summed E-state index contributed by atoms with van der Waals surface area (Å²) in [4.78, 5) is 12.7. The van der Waals surface area contributed by atoms with E-state index in [1.54, 1.807) is 14.2 Å². The molecule has 7 heteroatoms. The first-order valence-corrected chi connectivity index (χ1v) is 4.87. The van der Waals surface area contributed by atoms with Gasteiger partial charge in [-0.1, -0.05) is 0 Å². The van der Waals surface area contributed by atoms with Crippen LogP contribution in [0.1, 0.15) is 6.42 Å². The molecule has 0 rings (SSSR count). The van der Waals surface area contributed by atoms with Crippen molar-refractivity contribution < 1.29 is 22.7 Å². The zero-order valence-electron chi connectivity index (χ0n) is 9.43. The Labute approximate surface area is 92.7 Å². The number of rotatable bonds is 7. The second-order valence-corrected chi connectivity index (χ2v) is 3.38. The fraction of sp³-hybridized carbons (Fsp3) is 0.889. The molecule has 0 radical (unpaired) electrons. The van der Waals surface area contributed by atoms with E-state index in [4.69, 9.17) is 4.74 Å². The van der Waals surface area contributed by atoms with Gasteiger partial charge >= 0.3 is 6.18 Å². The van der Waals surface area contributed by atoms with Gasteiger partial charge in [0.15, 0.2) is 0 Å². The van der Waals surface area contributed by atoms with Gasteiger partial charge in [0.25, 0.3) is 0 Å². The molecule has 0 aliphatic heterocycles. The Bertz CT molecular complexity index is 209. The molecule has 0 aliphatic rings. The third kappa shape index (κ3) is 8.49. The summed E-state index contributed by atoms with van der Waals surface area (Å²) < 4.78 is 40.1. The quantitative estimate of drug-likeness (QED) is 0.666. The van der Waals surface area contributed by atoms with Crippen LogP contribution in [-0.2, 0) is 9.53 Å². The number of nitrogens with one attached hydrogen (secondary N) is 1. The molecule has 0 unspecified atom stereocenters. The van der Waals surface area contributed by atoms with Crippen molar-refractivity contribution in [3.05, 3.63) is 0 Å². The number of carbonyl (C=O) groups is 1. The minimum atomic E-state index is -4.28. The second kappa shape index (κ2) is 7.45. The number of methoxy groups -OCH3 is 1. The monoisotopic (exact) mass is 242 g/mol. The molecule has 0 aromatic heterocycles. The van der Waals surface area contributed by atoms with Gasteiger partial charge in [-0.05, 0) is 6.42 Å². The van der Waals surface area contributed by atoms with Gasteiger partial charge < -0.3 is 15.0 Å². The second-order valence-electron chi connectivity index (χ2n) is 3.38. The molecule has 0 aliphatic carbocycles. The van der Waals surface area contributed by atoms with E-state index >= 15 is 0 Å². The van der Waals surface area contributed by atoms with Gasteiger partial charge in [0.05, 0.1) is 13.1 Å². The molecule has 96 valence electrons. The molecule has 1 amide bonds. The van der Waals surface area contributed by atoms with Crippen molar-refractivity contribution in [2.45, 2.75) is 12.6 Å². The minimum absolute atomic E-state index is 0.303. The van der Waals surface area contributed by atoms with E-state index < -0.39 is 12.7 Å². The maximum atomic E-state index is 11.8. The van der Waals surface area contributed by atoms with Crippen LogP contribution >= 0.6 is 0 Å². The van der Waals surface area contributed by atoms with Gasteiger partial charge in [-0.2, -0.15) is 13.2 Å². The molecule has 0 bridgehead atoms. The molecule has 0 fully saturated rings. The molecule has 0 saturated heterocycles. The van der Waals surface area contributed by atoms with Gasteiger partial charge in [0.1, 0.15) is 0 Å². The van der Waals surface area contributed by atoms with E-state index in [0.717, 1.165) is 0 Å². The van der Waals surface area contributed by atoms with Gasteiger partial charge in [0.2, 0.25) is 5.91 Å². The van der Waals surface area contributed by atoms with Crippen LogP contribution in [0.4, 0.5) is 13.2 Å². The Morgan fingerprint density at radius 2 is 2.06 bits per heavy atom. The smallest absolute Gasteiger partial charge is 0.385 e. The topological polar surface area (TPSA) is 41.6 Å². The highest BCUT2D eigenvalue weighted by Crippen LogP contribution is 2.11. The first kappa shape index (κ1) is 15.2. The largest absolute Gasteiger partial charge is 0.401 e. The first-order valence-electron chi connectivity index (χ1n) is 4.87. The highest BCUT2D eigenvalue weighted by atomic mass is 19.4. The zero-order valence-corrected chi connectivity index (χ0v) is 9.43. The summed E-state index contributed by atoms with van der Waals surface area (Å²) in [6.07, 6.45) is -3.62. The lowest BCUT2D eigenvalue weighted by atomic mass is 10.4. The van der Waals surface area contributed by atoms with Crippen molar-refractivity contribution in [3.63, 3.8) is 0 Å². The SMILES string of the molecule is COCCCN(C)C(=O)CNCC(F)(F)F. The van der Waals surface area contributed by atoms with Gasteiger partial charge in [-0.15, -0.1) is 0 Å². The number of halogens is 3. The number of nitrogens with zero attached hydrogens (tertiary/aromatic N) is 1. The van der Waals surface area contributed by atoms with E-state index in [2.05, 4.69) is 0 Å². The zero-order chi connectivity index (χ0) is 12.6. The van der Waals surface area contributed by atoms with E-state index in [1.807, 2.05) is 5.32 Å². The van der Waals surface area contributed by atoms with E-state index in [9.17, 15) is 18.0 Å². The van der Waals surface area contributed by atoms with E-state index in [1.165, 1.54) is 4.90 Å². The van der Waals surface area contributed by atoms with E-state index in [0.29, 0.717) is 19.6 Å². The van der Waals surface area contributed by atoms with Crippen LogP contribution in [0.2, 0.25) is 0 Å². The minimum Gasteiger partial charge on any atom is -0.385 e. The average molecular weight is 242 g/mol. The van der Waals surface area contributed by atoms with Crippen LogP contribution < -0.4 is 5.32 Å². The van der Waals surface area contributed by atoms with Crippen molar-refractivity contribution in [2.24, 2.45) is 0 Å². The van der Waals surface area contributed by atoms with Crippen LogP contribution in [0.15, 0.2) is 0 Å². The molecule has 0 heterocycles. The Morgan fingerprint density at radius 3 is 2.56 bits per heavy atom. The Hall–Kier alpha value is -0.820.